The number of hydrogen-bond donors (Lipinski definition) is 1. The van der Waals surface area contributed by atoms with Crippen molar-refractivity contribution in [3.63, 3.8) is 0 Å². The van der Waals surface area contributed by atoms with Crippen molar-refractivity contribution in [3.05, 3.63) is 20.8 Å². The zero-order chi connectivity index (χ0) is 16.3. The Morgan fingerprint density at radius 3 is 2.45 bits per heavy atom. The Balaban J connectivity index is 1.92. The van der Waals surface area contributed by atoms with E-state index < -0.39 is 5.60 Å². The number of nitrogens with zero attached hydrogens (tertiary/aromatic N) is 2. The molecule has 2 N–H and O–H groups in total. The molecule has 1 amide bonds. The van der Waals surface area contributed by atoms with Gasteiger partial charge in [0.1, 0.15) is 5.60 Å². The van der Waals surface area contributed by atoms with E-state index in [1.54, 1.807) is 16.2 Å². The Hall–Kier alpha value is -0.630. The van der Waals surface area contributed by atoms with Gasteiger partial charge in [0.05, 0.1) is 9.83 Å². The van der Waals surface area contributed by atoms with Crippen LogP contribution in [0.15, 0.2) is 15.9 Å². The van der Waals surface area contributed by atoms with Crippen LogP contribution in [0.1, 0.15) is 31.7 Å². The Labute approximate surface area is 144 Å². The number of ether oxygens (including phenoxy) is 1. The molecule has 1 saturated heterocycles. The van der Waals surface area contributed by atoms with Crippen molar-refractivity contribution in [1.29, 1.82) is 0 Å². The highest BCUT2D eigenvalue weighted by Crippen LogP contribution is 2.30. The van der Waals surface area contributed by atoms with Crippen molar-refractivity contribution in [2.75, 3.05) is 32.7 Å². The average Bonchev–Trinajstić information content (AvgIpc) is 2.85. The largest absolute Gasteiger partial charge is 0.444 e. The highest BCUT2D eigenvalue weighted by atomic mass is 79.9. The van der Waals surface area contributed by atoms with Crippen LogP contribution in [0.3, 0.4) is 0 Å². The molecule has 0 saturated carbocycles. The molecular weight excluding hydrogens is 366 g/mol. The molecule has 7 heteroatoms. The van der Waals surface area contributed by atoms with Gasteiger partial charge in [-0.2, -0.15) is 0 Å². The maximum atomic E-state index is 12.1. The van der Waals surface area contributed by atoms with Crippen molar-refractivity contribution in [2.45, 2.75) is 32.4 Å². The van der Waals surface area contributed by atoms with Crippen LogP contribution < -0.4 is 5.73 Å². The molecule has 124 valence electrons. The lowest BCUT2D eigenvalue weighted by Gasteiger charge is -2.39. The van der Waals surface area contributed by atoms with E-state index in [2.05, 4.69) is 33.0 Å². The first-order valence-corrected chi connectivity index (χ1v) is 9.08. The molecule has 1 atom stereocenters. The molecule has 0 bridgehead atoms. The maximum absolute atomic E-state index is 12.1. The number of carbonyl (C=O) groups excluding carboxylic acids is 1. The number of nitrogens with two attached hydrogens (primary N) is 1. The Morgan fingerprint density at radius 1 is 1.36 bits per heavy atom. The lowest BCUT2D eigenvalue weighted by molar-refractivity contribution is 0.0108. The number of thiophene rings is 1. The second-order valence-electron chi connectivity index (χ2n) is 6.40. The summed E-state index contributed by atoms with van der Waals surface area (Å²) in [4.78, 5) is 17.5. The Kier molecular flexibility index (Phi) is 5.87. The molecule has 0 aromatic carbocycles. The summed E-state index contributed by atoms with van der Waals surface area (Å²) in [7, 11) is 0. The zero-order valence-corrected chi connectivity index (χ0v) is 15.7. The minimum absolute atomic E-state index is 0.220. The summed E-state index contributed by atoms with van der Waals surface area (Å²) < 4.78 is 6.55. The molecule has 2 rings (SSSR count). The van der Waals surface area contributed by atoms with Gasteiger partial charge in [-0.05, 0) is 48.8 Å². The van der Waals surface area contributed by atoms with Crippen LogP contribution in [0.4, 0.5) is 4.79 Å². The van der Waals surface area contributed by atoms with E-state index in [1.807, 2.05) is 20.8 Å². The summed E-state index contributed by atoms with van der Waals surface area (Å²) >= 11 is 5.22. The number of rotatable bonds is 3. The highest BCUT2D eigenvalue weighted by molar-refractivity contribution is 9.11. The van der Waals surface area contributed by atoms with E-state index in [4.69, 9.17) is 10.5 Å². The van der Waals surface area contributed by atoms with E-state index in [1.165, 1.54) is 4.88 Å². The van der Waals surface area contributed by atoms with Crippen LogP contribution in [0, 0.1) is 0 Å². The van der Waals surface area contributed by atoms with Gasteiger partial charge in [-0.15, -0.1) is 11.3 Å². The normalized spacial score (nSPS) is 18.3. The lowest BCUT2D eigenvalue weighted by Crippen LogP contribution is -2.51. The number of halogens is 1. The van der Waals surface area contributed by atoms with Crippen molar-refractivity contribution in [2.24, 2.45) is 5.73 Å². The molecule has 1 aliphatic rings. The second kappa shape index (κ2) is 7.29. The molecule has 22 heavy (non-hydrogen) atoms. The summed E-state index contributed by atoms with van der Waals surface area (Å²) in [5, 5.41) is 0. The van der Waals surface area contributed by atoms with Crippen molar-refractivity contribution < 1.29 is 9.53 Å². The van der Waals surface area contributed by atoms with E-state index in [9.17, 15) is 4.79 Å². The van der Waals surface area contributed by atoms with E-state index in [0.717, 1.165) is 16.9 Å². The lowest BCUT2D eigenvalue weighted by atomic mass is 10.1. The molecule has 0 radical (unpaired) electrons. The van der Waals surface area contributed by atoms with Gasteiger partial charge < -0.3 is 15.4 Å². The predicted octanol–water partition coefficient (Wildman–Crippen LogP) is 3.06. The van der Waals surface area contributed by atoms with Crippen LogP contribution in [-0.4, -0.2) is 54.2 Å². The van der Waals surface area contributed by atoms with Crippen LogP contribution in [0.5, 0.6) is 0 Å². The van der Waals surface area contributed by atoms with Crippen molar-refractivity contribution >= 4 is 33.4 Å². The Morgan fingerprint density at radius 2 is 2.00 bits per heavy atom. The smallest absolute Gasteiger partial charge is 0.410 e. The molecule has 1 aromatic heterocycles. The molecule has 5 nitrogen and oxygen atoms in total. The van der Waals surface area contributed by atoms with Crippen molar-refractivity contribution in [1.82, 2.24) is 9.80 Å². The van der Waals surface area contributed by atoms with Gasteiger partial charge in [0.2, 0.25) is 0 Å². The molecular formula is C15H24BrN3O2S. The van der Waals surface area contributed by atoms with Crippen LogP contribution in [-0.2, 0) is 4.74 Å². The average molecular weight is 390 g/mol. The monoisotopic (exact) mass is 389 g/mol. The summed E-state index contributed by atoms with van der Waals surface area (Å²) in [6.07, 6.45) is -0.227. The fraction of sp³-hybridized carbons (Fsp3) is 0.667. The first kappa shape index (κ1) is 17.7. The summed E-state index contributed by atoms with van der Waals surface area (Å²) in [5.41, 5.74) is 5.52. The third kappa shape index (κ3) is 4.68. The first-order chi connectivity index (χ1) is 10.3. The standard InChI is InChI=1S/C15H24BrN3O2S/c1-15(2,3)21-14(20)19-8-6-18(7-9-19)11(10-17)12-4-5-13(16)22-12/h4-5,11H,6-10,17H2,1-3H3. The second-order valence-corrected chi connectivity index (χ2v) is 8.89. The van der Waals surface area contributed by atoms with Crippen LogP contribution in [0.25, 0.3) is 0 Å². The van der Waals surface area contributed by atoms with Gasteiger partial charge in [0.25, 0.3) is 0 Å². The number of amides is 1. The highest BCUT2D eigenvalue weighted by Gasteiger charge is 2.29. The van der Waals surface area contributed by atoms with Gasteiger partial charge in [-0.3, -0.25) is 4.90 Å². The summed E-state index contributed by atoms with van der Waals surface area (Å²) in [6, 6.07) is 4.39. The molecule has 1 aliphatic heterocycles. The molecule has 1 fully saturated rings. The van der Waals surface area contributed by atoms with Crippen LogP contribution >= 0.6 is 27.3 Å². The minimum atomic E-state index is -0.447. The number of hydrogen-bond acceptors (Lipinski definition) is 5. The minimum Gasteiger partial charge on any atom is -0.444 e. The molecule has 1 aromatic rings. The molecule has 2 heterocycles. The topological polar surface area (TPSA) is 58.8 Å². The Bertz CT molecular complexity index is 507. The first-order valence-electron chi connectivity index (χ1n) is 7.47. The van der Waals surface area contributed by atoms with Gasteiger partial charge in [-0.1, -0.05) is 0 Å². The van der Waals surface area contributed by atoms with Gasteiger partial charge in [-0.25, -0.2) is 4.79 Å². The number of piperazine rings is 1. The summed E-state index contributed by atoms with van der Waals surface area (Å²) in [5.74, 6) is 0. The molecule has 0 aliphatic carbocycles. The van der Waals surface area contributed by atoms with Gasteiger partial charge in [0.15, 0.2) is 0 Å². The van der Waals surface area contributed by atoms with E-state index in [0.29, 0.717) is 19.6 Å². The molecule has 0 spiro atoms. The predicted molar refractivity (Wildman–Crippen MR) is 93.2 cm³/mol. The van der Waals surface area contributed by atoms with E-state index >= 15 is 0 Å². The summed E-state index contributed by atoms with van der Waals surface area (Å²) in [6.45, 7) is 9.24. The van der Waals surface area contributed by atoms with E-state index in [-0.39, 0.29) is 12.1 Å². The third-order valence-corrected chi connectivity index (χ3v) is 5.28. The fourth-order valence-electron chi connectivity index (χ4n) is 2.50. The fourth-order valence-corrected chi connectivity index (χ4v) is 4.07. The zero-order valence-electron chi connectivity index (χ0n) is 13.3. The molecule has 1 unspecified atom stereocenters. The number of carbonyl (C=O) groups is 1. The van der Waals surface area contributed by atoms with Gasteiger partial charge in [0, 0.05) is 37.6 Å². The van der Waals surface area contributed by atoms with Crippen LogP contribution in [0.2, 0.25) is 0 Å². The van der Waals surface area contributed by atoms with Crippen molar-refractivity contribution in [3.8, 4) is 0 Å². The SMILES string of the molecule is CC(C)(C)OC(=O)N1CCN(C(CN)c2ccc(Br)s2)CC1. The van der Waals surface area contributed by atoms with Gasteiger partial charge >= 0.3 is 6.09 Å². The quantitative estimate of drug-likeness (QED) is 0.862. The third-order valence-electron chi connectivity index (χ3n) is 3.55. The maximum Gasteiger partial charge on any atom is 0.410 e.